The fourth-order valence-corrected chi connectivity index (χ4v) is 3.02. The van der Waals surface area contributed by atoms with Gasteiger partial charge in [0, 0.05) is 16.6 Å². The monoisotopic (exact) mass is 360 g/mol. The molecule has 0 bridgehead atoms. The Morgan fingerprint density at radius 1 is 1.12 bits per heavy atom. The Kier molecular flexibility index (Phi) is 5.21. The van der Waals surface area contributed by atoms with Gasteiger partial charge in [0.15, 0.2) is 0 Å². The van der Waals surface area contributed by atoms with Crippen molar-refractivity contribution in [3.05, 3.63) is 64.2 Å². The number of hydroxylamine groups is 1. The largest absolute Gasteiger partial charge is 0.412 e. The zero-order valence-corrected chi connectivity index (χ0v) is 14.0. The van der Waals surface area contributed by atoms with E-state index in [2.05, 4.69) is 5.32 Å². The quantitative estimate of drug-likeness (QED) is 0.579. The smallest absolute Gasteiger partial charge is 0.410 e. The molecule has 130 valence electrons. The number of fused-ring (bicyclic) bond motifs is 1. The highest BCUT2D eigenvalue weighted by atomic mass is 35.5. The molecular weight excluding hydrogens is 344 g/mol. The maximum atomic E-state index is 12.0. The topological polar surface area (TPSA) is 87.7 Å². The number of hydrogen-bond donors (Lipinski definition) is 3. The molecule has 1 atom stereocenters. The number of halogens is 1. The number of nitrogens with one attached hydrogen (secondary N) is 2. The molecule has 0 heterocycles. The number of benzene rings is 2. The van der Waals surface area contributed by atoms with Gasteiger partial charge in [-0.3, -0.25) is 10.0 Å². The molecule has 0 radical (unpaired) electrons. The molecule has 3 rings (SSSR count). The van der Waals surface area contributed by atoms with E-state index < -0.39 is 12.0 Å². The summed E-state index contributed by atoms with van der Waals surface area (Å²) in [5, 5.41) is 12.1. The molecule has 0 saturated carbocycles. The van der Waals surface area contributed by atoms with Gasteiger partial charge in [0.25, 0.3) is 5.91 Å². The molecule has 1 aliphatic rings. The minimum Gasteiger partial charge on any atom is -0.410 e. The van der Waals surface area contributed by atoms with Gasteiger partial charge in [0.05, 0.1) is 0 Å². The normalized spacial score (nSPS) is 15.8. The van der Waals surface area contributed by atoms with Crippen LogP contribution in [0.15, 0.2) is 42.5 Å². The molecule has 0 saturated heterocycles. The number of carbonyl (C=O) groups excluding carboxylic acids is 2. The lowest BCUT2D eigenvalue weighted by molar-refractivity contribution is 0.0706. The van der Waals surface area contributed by atoms with Crippen LogP contribution in [0.3, 0.4) is 0 Å². The number of amides is 2. The van der Waals surface area contributed by atoms with E-state index in [1.807, 2.05) is 6.07 Å². The molecule has 25 heavy (non-hydrogen) atoms. The Hall–Kier alpha value is -2.57. The summed E-state index contributed by atoms with van der Waals surface area (Å²) in [5.41, 5.74) is 4.15. The van der Waals surface area contributed by atoms with E-state index in [9.17, 15) is 9.59 Å². The second kappa shape index (κ2) is 7.55. The molecule has 0 fully saturated rings. The summed E-state index contributed by atoms with van der Waals surface area (Å²) in [6.45, 7) is 0. The molecule has 7 heteroatoms. The van der Waals surface area contributed by atoms with Crippen LogP contribution in [0.25, 0.3) is 0 Å². The Balaban J connectivity index is 1.60. The van der Waals surface area contributed by atoms with Gasteiger partial charge in [-0.25, -0.2) is 10.3 Å². The lowest BCUT2D eigenvalue weighted by Crippen LogP contribution is -2.40. The Morgan fingerprint density at radius 3 is 2.60 bits per heavy atom. The number of carbonyl (C=O) groups is 2. The van der Waals surface area contributed by atoms with E-state index in [4.69, 9.17) is 21.5 Å². The van der Waals surface area contributed by atoms with Gasteiger partial charge >= 0.3 is 6.09 Å². The third-order valence-corrected chi connectivity index (χ3v) is 4.40. The zero-order valence-electron chi connectivity index (χ0n) is 13.3. The van der Waals surface area contributed by atoms with E-state index in [0.29, 0.717) is 22.8 Å². The summed E-state index contributed by atoms with van der Waals surface area (Å²) in [6.07, 6.45) is 1.62. The third kappa shape index (κ3) is 4.29. The van der Waals surface area contributed by atoms with Crippen molar-refractivity contribution in [1.82, 2.24) is 10.8 Å². The van der Waals surface area contributed by atoms with Crippen molar-refractivity contribution in [3.8, 4) is 5.75 Å². The van der Waals surface area contributed by atoms with Crippen molar-refractivity contribution in [3.63, 3.8) is 0 Å². The maximum Gasteiger partial charge on any atom is 0.412 e. The molecule has 6 nitrogen and oxygen atoms in total. The van der Waals surface area contributed by atoms with Crippen LogP contribution >= 0.6 is 11.6 Å². The first kappa shape index (κ1) is 17.3. The SMILES string of the molecule is O=C(NC1CCc2cc(C(=O)NO)ccc2C1)Oc1ccc(Cl)cc1. The molecule has 2 amide bonds. The Labute approximate surface area is 149 Å². The highest BCUT2D eigenvalue weighted by Gasteiger charge is 2.22. The summed E-state index contributed by atoms with van der Waals surface area (Å²) in [6, 6.07) is 11.8. The van der Waals surface area contributed by atoms with Crippen LogP contribution in [0.4, 0.5) is 4.79 Å². The van der Waals surface area contributed by atoms with E-state index in [-0.39, 0.29) is 6.04 Å². The maximum absolute atomic E-state index is 12.0. The van der Waals surface area contributed by atoms with Crippen LogP contribution < -0.4 is 15.5 Å². The van der Waals surface area contributed by atoms with E-state index in [0.717, 1.165) is 24.0 Å². The van der Waals surface area contributed by atoms with Crippen molar-refractivity contribution in [1.29, 1.82) is 0 Å². The molecule has 0 spiro atoms. The summed E-state index contributed by atoms with van der Waals surface area (Å²) in [4.78, 5) is 23.5. The number of hydrogen-bond acceptors (Lipinski definition) is 4. The second-order valence-electron chi connectivity index (χ2n) is 5.85. The molecule has 0 aromatic heterocycles. The molecule has 2 aromatic carbocycles. The van der Waals surface area contributed by atoms with Crippen LogP contribution in [-0.2, 0) is 12.8 Å². The molecule has 1 unspecified atom stereocenters. The van der Waals surface area contributed by atoms with Crippen molar-refractivity contribution < 1.29 is 19.5 Å². The van der Waals surface area contributed by atoms with Crippen molar-refractivity contribution >= 4 is 23.6 Å². The van der Waals surface area contributed by atoms with Gasteiger partial charge in [-0.15, -0.1) is 0 Å². The van der Waals surface area contributed by atoms with Crippen LogP contribution in [0.1, 0.15) is 27.9 Å². The summed E-state index contributed by atoms with van der Waals surface area (Å²) in [5.74, 6) is -0.104. The van der Waals surface area contributed by atoms with Crippen molar-refractivity contribution in [2.24, 2.45) is 0 Å². The van der Waals surface area contributed by atoms with Gasteiger partial charge < -0.3 is 10.1 Å². The predicted molar refractivity (Wildman–Crippen MR) is 92.1 cm³/mol. The zero-order chi connectivity index (χ0) is 17.8. The summed E-state index contributed by atoms with van der Waals surface area (Å²) >= 11 is 5.80. The van der Waals surface area contributed by atoms with Crippen LogP contribution in [0, 0.1) is 0 Å². The fourth-order valence-electron chi connectivity index (χ4n) is 2.89. The third-order valence-electron chi connectivity index (χ3n) is 4.14. The highest BCUT2D eigenvalue weighted by Crippen LogP contribution is 2.23. The van der Waals surface area contributed by atoms with Crippen LogP contribution in [0.2, 0.25) is 5.02 Å². The highest BCUT2D eigenvalue weighted by molar-refractivity contribution is 6.30. The Morgan fingerprint density at radius 2 is 1.88 bits per heavy atom. The average Bonchev–Trinajstić information content (AvgIpc) is 2.62. The average molecular weight is 361 g/mol. The minimum atomic E-state index is -0.533. The molecule has 1 aliphatic carbocycles. The van der Waals surface area contributed by atoms with Crippen LogP contribution in [-0.4, -0.2) is 23.2 Å². The van der Waals surface area contributed by atoms with Gasteiger partial charge in [0.1, 0.15) is 5.75 Å². The lowest BCUT2D eigenvalue weighted by atomic mass is 9.87. The molecular formula is C18H17ClN2O4. The minimum absolute atomic E-state index is 0.0372. The number of rotatable bonds is 3. The van der Waals surface area contributed by atoms with Gasteiger partial charge in [0.2, 0.25) is 0 Å². The lowest BCUT2D eigenvalue weighted by Gasteiger charge is -2.25. The van der Waals surface area contributed by atoms with E-state index in [1.165, 1.54) is 0 Å². The van der Waals surface area contributed by atoms with Crippen molar-refractivity contribution in [2.75, 3.05) is 0 Å². The summed E-state index contributed by atoms with van der Waals surface area (Å²) < 4.78 is 5.24. The molecule has 3 N–H and O–H groups in total. The molecule has 2 aromatic rings. The standard InChI is InChI=1S/C18H17ClN2O4/c19-14-4-7-16(8-5-14)25-18(23)20-15-6-3-11-9-13(17(22)21-24)2-1-12(11)10-15/h1-2,4-5,7-9,15,24H,3,6,10H2,(H,20,23)(H,21,22). The predicted octanol–water partition coefficient (Wildman–Crippen LogP) is 3.10. The van der Waals surface area contributed by atoms with Gasteiger partial charge in [-0.1, -0.05) is 17.7 Å². The Bertz CT molecular complexity index is 792. The first-order chi connectivity index (χ1) is 12.0. The van der Waals surface area contributed by atoms with Crippen molar-refractivity contribution in [2.45, 2.75) is 25.3 Å². The number of ether oxygens (including phenoxy) is 1. The van der Waals surface area contributed by atoms with E-state index >= 15 is 0 Å². The van der Waals surface area contributed by atoms with E-state index in [1.54, 1.807) is 41.9 Å². The number of aryl methyl sites for hydroxylation is 1. The molecule has 0 aliphatic heterocycles. The fraction of sp³-hybridized carbons (Fsp3) is 0.222. The first-order valence-corrected chi connectivity index (χ1v) is 8.23. The second-order valence-corrected chi connectivity index (χ2v) is 6.29. The van der Waals surface area contributed by atoms with Gasteiger partial charge in [-0.05, 0) is 66.8 Å². The summed E-state index contributed by atoms with van der Waals surface area (Å²) in [7, 11) is 0. The first-order valence-electron chi connectivity index (χ1n) is 7.85. The van der Waals surface area contributed by atoms with Crippen LogP contribution in [0.5, 0.6) is 5.75 Å². The van der Waals surface area contributed by atoms with Gasteiger partial charge in [-0.2, -0.15) is 0 Å².